The molecule has 1 heterocycles. The summed E-state index contributed by atoms with van der Waals surface area (Å²) in [5, 5.41) is 0. The zero-order valence-electron chi connectivity index (χ0n) is 10.9. The molecule has 3 heteroatoms. The average Bonchev–Trinajstić information content (AvgIpc) is 2.25. The number of anilines is 1. The van der Waals surface area contributed by atoms with Crippen LogP contribution in [0.3, 0.4) is 0 Å². The van der Waals surface area contributed by atoms with Crippen molar-refractivity contribution in [3.8, 4) is 0 Å². The summed E-state index contributed by atoms with van der Waals surface area (Å²) in [7, 11) is 3.74. The molecule has 3 nitrogen and oxygen atoms in total. The van der Waals surface area contributed by atoms with Crippen LogP contribution in [0.15, 0.2) is 18.3 Å². The molecule has 0 fully saturated rings. The molecule has 0 aliphatic heterocycles. The Labute approximate surface area is 98.4 Å². The maximum Gasteiger partial charge on any atom is 0.128 e. The molecule has 0 unspecified atom stereocenters. The van der Waals surface area contributed by atoms with Crippen LogP contribution >= 0.6 is 0 Å². The van der Waals surface area contributed by atoms with E-state index in [0.29, 0.717) is 0 Å². The third kappa shape index (κ3) is 3.49. The topological polar surface area (TPSA) is 25.4 Å². The fourth-order valence-electron chi connectivity index (χ4n) is 1.40. The van der Waals surface area contributed by atoms with Crippen molar-refractivity contribution in [1.82, 2.24) is 4.98 Å². The minimum Gasteiger partial charge on any atom is -0.383 e. The Balaban J connectivity index is 2.71. The van der Waals surface area contributed by atoms with Crippen molar-refractivity contribution in [2.75, 3.05) is 32.2 Å². The number of nitrogens with zero attached hydrogens (tertiary/aromatic N) is 2. The van der Waals surface area contributed by atoms with E-state index in [1.54, 1.807) is 7.11 Å². The van der Waals surface area contributed by atoms with E-state index in [4.69, 9.17) is 4.74 Å². The second kappa shape index (κ2) is 5.30. The molecular formula is C13H22N2O. The number of hydrogen-bond donors (Lipinski definition) is 0. The normalized spacial score (nSPS) is 11.6. The Morgan fingerprint density at radius 3 is 2.44 bits per heavy atom. The molecule has 0 saturated heterocycles. The molecule has 1 rings (SSSR count). The summed E-state index contributed by atoms with van der Waals surface area (Å²) in [6.07, 6.45) is 1.96. The molecule has 0 amide bonds. The lowest BCUT2D eigenvalue weighted by molar-refractivity contribution is 0.206. The van der Waals surface area contributed by atoms with Crippen molar-refractivity contribution < 1.29 is 4.74 Å². The van der Waals surface area contributed by atoms with E-state index >= 15 is 0 Å². The average molecular weight is 222 g/mol. The summed E-state index contributed by atoms with van der Waals surface area (Å²) in [5.41, 5.74) is 1.42. The van der Waals surface area contributed by atoms with Crippen LogP contribution in [0.4, 0.5) is 5.82 Å². The van der Waals surface area contributed by atoms with Crippen molar-refractivity contribution in [1.29, 1.82) is 0 Å². The maximum absolute atomic E-state index is 5.04. The number of hydrogen-bond acceptors (Lipinski definition) is 3. The van der Waals surface area contributed by atoms with Gasteiger partial charge in [0.25, 0.3) is 0 Å². The van der Waals surface area contributed by atoms with Gasteiger partial charge in [-0.1, -0.05) is 26.8 Å². The molecule has 0 N–H and O–H groups in total. The van der Waals surface area contributed by atoms with E-state index in [1.807, 2.05) is 13.2 Å². The number of ether oxygens (including phenoxy) is 1. The van der Waals surface area contributed by atoms with Gasteiger partial charge in [-0.3, -0.25) is 0 Å². The highest BCUT2D eigenvalue weighted by Crippen LogP contribution is 2.22. The van der Waals surface area contributed by atoms with Gasteiger partial charge in [-0.25, -0.2) is 4.98 Å². The number of methoxy groups -OCH3 is 1. The monoisotopic (exact) mass is 222 g/mol. The minimum absolute atomic E-state index is 0.163. The first kappa shape index (κ1) is 13.0. The van der Waals surface area contributed by atoms with Crippen LogP contribution in [0.5, 0.6) is 0 Å². The van der Waals surface area contributed by atoms with Crippen LogP contribution in [0.1, 0.15) is 26.3 Å². The highest BCUT2D eigenvalue weighted by Gasteiger charge is 2.14. The van der Waals surface area contributed by atoms with Crippen molar-refractivity contribution in [3.05, 3.63) is 23.9 Å². The van der Waals surface area contributed by atoms with E-state index in [1.165, 1.54) is 5.56 Å². The van der Waals surface area contributed by atoms with Gasteiger partial charge in [0.05, 0.1) is 6.61 Å². The van der Waals surface area contributed by atoms with Crippen molar-refractivity contribution in [3.63, 3.8) is 0 Å². The molecule has 0 aromatic carbocycles. The quantitative estimate of drug-likeness (QED) is 0.782. The number of pyridine rings is 1. The van der Waals surface area contributed by atoms with Gasteiger partial charge in [0, 0.05) is 26.9 Å². The van der Waals surface area contributed by atoms with Gasteiger partial charge < -0.3 is 9.64 Å². The van der Waals surface area contributed by atoms with Crippen LogP contribution in [0.2, 0.25) is 0 Å². The minimum atomic E-state index is 0.163. The van der Waals surface area contributed by atoms with Crippen molar-refractivity contribution in [2.45, 2.75) is 26.2 Å². The summed E-state index contributed by atoms with van der Waals surface area (Å²) in [4.78, 5) is 6.56. The van der Waals surface area contributed by atoms with Crippen LogP contribution < -0.4 is 4.90 Å². The third-order valence-corrected chi connectivity index (χ3v) is 2.64. The van der Waals surface area contributed by atoms with Gasteiger partial charge in [0.2, 0.25) is 0 Å². The number of rotatable bonds is 4. The predicted octanol–water partition coefficient (Wildman–Crippen LogP) is 2.46. The van der Waals surface area contributed by atoms with E-state index in [2.05, 4.69) is 42.8 Å². The van der Waals surface area contributed by atoms with Crippen LogP contribution in [-0.4, -0.2) is 32.3 Å². The van der Waals surface area contributed by atoms with E-state index in [-0.39, 0.29) is 5.41 Å². The maximum atomic E-state index is 5.04. The summed E-state index contributed by atoms with van der Waals surface area (Å²) in [6, 6.07) is 4.21. The lowest BCUT2D eigenvalue weighted by Crippen LogP contribution is -2.23. The largest absolute Gasteiger partial charge is 0.383 e. The van der Waals surface area contributed by atoms with E-state index in [0.717, 1.165) is 19.0 Å². The first-order valence-electron chi connectivity index (χ1n) is 5.62. The molecule has 90 valence electrons. The first-order chi connectivity index (χ1) is 7.45. The fraction of sp³-hybridized carbons (Fsp3) is 0.615. The Kier molecular flexibility index (Phi) is 4.30. The zero-order chi connectivity index (χ0) is 12.2. The van der Waals surface area contributed by atoms with Crippen LogP contribution in [0.25, 0.3) is 0 Å². The molecule has 16 heavy (non-hydrogen) atoms. The van der Waals surface area contributed by atoms with Gasteiger partial charge in [-0.05, 0) is 17.0 Å². The molecule has 0 bridgehead atoms. The predicted molar refractivity (Wildman–Crippen MR) is 68.1 cm³/mol. The summed E-state index contributed by atoms with van der Waals surface area (Å²) in [5.74, 6) is 0.991. The van der Waals surface area contributed by atoms with Crippen molar-refractivity contribution >= 4 is 5.82 Å². The smallest absolute Gasteiger partial charge is 0.128 e. The third-order valence-electron chi connectivity index (χ3n) is 2.64. The number of aromatic nitrogens is 1. The second-order valence-electron chi connectivity index (χ2n) is 5.07. The molecule has 0 aliphatic carbocycles. The standard InChI is InChI=1S/C13H22N2O/c1-13(2,3)11-6-7-12(14-10-11)15(4)8-9-16-5/h6-7,10H,8-9H2,1-5H3. The van der Waals surface area contributed by atoms with Crippen LogP contribution in [0, 0.1) is 0 Å². The Morgan fingerprint density at radius 2 is 2.00 bits per heavy atom. The molecule has 1 aromatic heterocycles. The summed E-state index contributed by atoms with van der Waals surface area (Å²) < 4.78 is 5.04. The van der Waals surface area contributed by atoms with Gasteiger partial charge in [-0.15, -0.1) is 0 Å². The van der Waals surface area contributed by atoms with Crippen molar-refractivity contribution in [2.24, 2.45) is 0 Å². The Morgan fingerprint density at radius 1 is 1.31 bits per heavy atom. The van der Waals surface area contributed by atoms with E-state index in [9.17, 15) is 0 Å². The molecule has 1 aromatic rings. The number of likely N-dealkylation sites (N-methyl/N-ethyl adjacent to an activating group) is 1. The van der Waals surface area contributed by atoms with Gasteiger partial charge >= 0.3 is 0 Å². The lowest BCUT2D eigenvalue weighted by Gasteiger charge is -2.21. The first-order valence-corrected chi connectivity index (χ1v) is 5.62. The molecular weight excluding hydrogens is 200 g/mol. The fourth-order valence-corrected chi connectivity index (χ4v) is 1.40. The van der Waals surface area contributed by atoms with Gasteiger partial charge in [-0.2, -0.15) is 0 Å². The van der Waals surface area contributed by atoms with Crippen LogP contribution in [-0.2, 0) is 10.2 Å². The van der Waals surface area contributed by atoms with E-state index < -0.39 is 0 Å². The van der Waals surface area contributed by atoms with Gasteiger partial charge in [0.15, 0.2) is 0 Å². The summed E-state index contributed by atoms with van der Waals surface area (Å²) in [6.45, 7) is 8.16. The SMILES string of the molecule is COCCN(C)c1ccc(C(C)(C)C)cn1. The lowest BCUT2D eigenvalue weighted by atomic mass is 9.88. The Bertz CT molecular complexity index is 314. The zero-order valence-corrected chi connectivity index (χ0v) is 10.9. The van der Waals surface area contributed by atoms with Gasteiger partial charge in [0.1, 0.15) is 5.82 Å². The molecule has 0 radical (unpaired) electrons. The molecule has 0 spiro atoms. The molecule has 0 atom stereocenters. The Hall–Kier alpha value is -1.09. The highest BCUT2D eigenvalue weighted by molar-refractivity contribution is 5.39. The highest BCUT2D eigenvalue weighted by atomic mass is 16.5. The second-order valence-corrected chi connectivity index (χ2v) is 5.07. The molecule has 0 aliphatic rings. The summed E-state index contributed by atoms with van der Waals surface area (Å²) >= 11 is 0. The molecule has 0 saturated carbocycles.